The van der Waals surface area contributed by atoms with Gasteiger partial charge < -0.3 is 0 Å². The summed E-state index contributed by atoms with van der Waals surface area (Å²) in [6.45, 7) is 7.15. The molecular formula is C13H21F7Si. The van der Waals surface area contributed by atoms with Gasteiger partial charge in [0.05, 0.1) is 0 Å². The van der Waals surface area contributed by atoms with Crippen LogP contribution in [0.15, 0.2) is 0 Å². The van der Waals surface area contributed by atoms with Gasteiger partial charge in [0.15, 0.2) is 0 Å². The van der Waals surface area contributed by atoms with Crippen molar-refractivity contribution in [2.45, 2.75) is 69.3 Å². The average molecular weight is 338 g/mol. The summed E-state index contributed by atoms with van der Waals surface area (Å²) in [4.78, 5) is 0. The number of alkyl halides is 7. The molecule has 126 valence electrons. The quantitative estimate of drug-likeness (QED) is 0.340. The van der Waals surface area contributed by atoms with Gasteiger partial charge in [-0.2, -0.15) is 30.7 Å². The minimum atomic E-state index is -6.22. The molecule has 0 fully saturated rings. The van der Waals surface area contributed by atoms with E-state index < -0.39 is 33.2 Å². The summed E-state index contributed by atoms with van der Waals surface area (Å²) in [5, 5.41) is 0. The van der Waals surface area contributed by atoms with E-state index in [0.29, 0.717) is 0 Å². The van der Waals surface area contributed by atoms with Gasteiger partial charge in [0, 0.05) is 15.2 Å². The maximum Gasteiger partial charge on any atom is 0.459 e. The topological polar surface area (TPSA) is 0 Å². The molecule has 0 nitrogen and oxygen atoms in total. The van der Waals surface area contributed by atoms with Crippen molar-refractivity contribution in [2.75, 3.05) is 0 Å². The fourth-order valence-electron chi connectivity index (χ4n) is 2.15. The monoisotopic (exact) mass is 338 g/mol. The first kappa shape index (κ1) is 22.6. The number of hydrogen-bond donors (Lipinski definition) is 0. The number of rotatable bonds is 6. The third-order valence-corrected chi connectivity index (χ3v) is 7.70. The Labute approximate surface area is 122 Å². The highest BCUT2D eigenvalue weighted by atomic mass is 28.3. The molecule has 0 atom stereocenters. The van der Waals surface area contributed by atoms with Crippen molar-refractivity contribution in [1.82, 2.24) is 0 Å². The number of halogens is 7. The Bertz CT molecular complexity index is 310. The smallest absolute Gasteiger partial charge is 0.200 e. The molecule has 0 aliphatic heterocycles. The molecule has 0 saturated heterocycles. The lowest BCUT2D eigenvalue weighted by atomic mass is 10.1. The van der Waals surface area contributed by atoms with Crippen LogP contribution in [0.25, 0.3) is 0 Å². The SMILES string of the molecule is C#C.CC(C)[SiH](CCC(F)(F)C(F)(F)C(F)(F)F)C(C)C. The zero-order chi connectivity index (χ0) is 17.6. The molecule has 0 spiro atoms. The van der Waals surface area contributed by atoms with Crippen molar-refractivity contribution < 1.29 is 30.7 Å². The zero-order valence-electron chi connectivity index (χ0n) is 12.4. The van der Waals surface area contributed by atoms with E-state index in [1.807, 2.05) is 0 Å². The highest BCUT2D eigenvalue weighted by molar-refractivity contribution is 6.61. The van der Waals surface area contributed by atoms with Crippen LogP contribution in [0.1, 0.15) is 34.1 Å². The van der Waals surface area contributed by atoms with Crippen LogP contribution in [0, 0.1) is 12.8 Å². The van der Waals surface area contributed by atoms with E-state index in [-0.39, 0.29) is 17.1 Å². The summed E-state index contributed by atoms with van der Waals surface area (Å²) in [6.07, 6.45) is 0.371. The van der Waals surface area contributed by atoms with Crippen LogP contribution in [0.4, 0.5) is 30.7 Å². The Hall–Kier alpha value is -0.713. The molecule has 0 unspecified atom stereocenters. The van der Waals surface area contributed by atoms with Crippen LogP contribution in [0.5, 0.6) is 0 Å². The van der Waals surface area contributed by atoms with Crippen molar-refractivity contribution in [3.05, 3.63) is 0 Å². The molecule has 0 aliphatic carbocycles. The predicted octanol–water partition coefficient (Wildman–Crippen LogP) is 5.51. The minimum Gasteiger partial charge on any atom is -0.200 e. The van der Waals surface area contributed by atoms with Crippen LogP contribution in [-0.2, 0) is 0 Å². The van der Waals surface area contributed by atoms with Gasteiger partial charge in [-0.1, -0.05) is 44.8 Å². The third-order valence-electron chi connectivity index (χ3n) is 3.32. The second-order valence-corrected chi connectivity index (χ2v) is 10.0. The molecule has 0 aromatic heterocycles. The van der Waals surface area contributed by atoms with Crippen LogP contribution in [0.3, 0.4) is 0 Å². The normalized spacial score (nSPS) is 13.5. The molecule has 0 radical (unpaired) electrons. The molecule has 0 rings (SSSR count). The first-order valence-electron chi connectivity index (χ1n) is 6.39. The Kier molecular flexibility index (Phi) is 8.66. The predicted molar refractivity (Wildman–Crippen MR) is 72.6 cm³/mol. The van der Waals surface area contributed by atoms with Crippen molar-refractivity contribution in [2.24, 2.45) is 0 Å². The van der Waals surface area contributed by atoms with E-state index in [9.17, 15) is 30.7 Å². The largest absolute Gasteiger partial charge is 0.459 e. The molecule has 8 heteroatoms. The zero-order valence-corrected chi connectivity index (χ0v) is 13.6. The van der Waals surface area contributed by atoms with Crippen molar-refractivity contribution in [3.8, 4) is 12.8 Å². The Morgan fingerprint density at radius 1 is 0.810 bits per heavy atom. The summed E-state index contributed by atoms with van der Waals surface area (Å²) in [5.74, 6) is -11.0. The molecule has 0 heterocycles. The van der Waals surface area contributed by atoms with Gasteiger partial charge in [-0.05, 0) is 0 Å². The summed E-state index contributed by atoms with van der Waals surface area (Å²) >= 11 is 0. The van der Waals surface area contributed by atoms with E-state index in [1.54, 1.807) is 27.7 Å². The molecule has 0 aromatic carbocycles. The second kappa shape index (κ2) is 8.06. The standard InChI is InChI=1S/C11H19F7Si.C2H2/c1-7(2)19(8(3)4)6-5-9(12,13)10(14,15)11(16,17)18;1-2/h7-8,19H,5-6H2,1-4H3;1-2H. The van der Waals surface area contributed by atoms with E-state index in [0.717, 1.165) is 0 Å². The molecule has 0 bridgehead atoms. The lowest BCUT2D eigenvalue weighted by Crippen LogP contribution is -2.52. The lowest BCUT2D eigenvalue weighted by Gasteiger charge is -2.30. The highest BCUT2D eigenvalue weighted by Gasteiger charge is 2.72. The van der Waals surface area contributed by atoms with Crippen LogP contribution < -0.4 is 0 Å². The van der Waals surface area contributed by atoms with Crippen molar-refractivity contribution >= 4 is 8.80 Å². The first-order valence-corrected chi connectivity index (χ1v) is 8.54. The Balaban J connectivity index is 0. The number of terminal acetylenes is 1. The molecular weight excluding hydrogens is 317 g/mol. The van der Waals surface area contributed by atoms with Crippen molar-refractivity contribution in [3.63, 3.8) is 0 Å². The van der Waals surface area contributed by atoms with Gasteiger partial charge in [0.25, 0.3) is 0 Å². The van der Waals surface area contributed by atoms with Crippen LogP contribution in [0.2, 0.25) is 17.1 Å². The van der Waals surface area contributed by atoms with Gasteiger partial charge in [0.1, 0.15) is 0 Å². The first-order chi connectivity index (χ1) is 9.24. The van der Waals surface area contributed by atoms with E-state index in [2.05, 4.69) is 12.8 Å². The summed E-state index contributed by atoms with van der Waals surface area (Å²) in [6, 6.07) is -0.228. The molecule has 0 aromatic rings. The van der Waals surface area contributed by atoms with Crippen LogP contribution in [-0.4, -0.2) is 26.8 Å². The summed E-state index contributed by atoms with van der Waals surface area (Å²) in [5.41, 5.74) is 0.158. The number of hydrogen-bond acceptors (Lipinski definition) is 0. The fourth-order valence-corrected chi connectivity index (χ4v) is 5.72. The van der Waals surface area contributed by atoms with Gasteiger partial charge in [0.2, 0.25) is 0 Å². The summed E-state index contributed by atoms with van der Waals surface area (Å²) in [7, 11) is -1.79. The fraction of sp³-hybridized carbons (Fsp3) is 0.846. The maximum absolute atomic E-state index is 13.1. The van der Waals surface area contributed by atoms with Gasteiger partial charge in [-0.15, -0.1) is 12.8 Å². The summed E-state index contributed by atoms with van der Waals surface area (Å²) < 4.78 is 87.5. The Morgan fingerprint density at radius 2 is 1.14 bits per heavy atom. The highest BCUT2D eigenvalue weighted by Crippen LogP contribution is 2.49. The van der Waals surface area contributed by atoms with Gasteiger partial charge in [-0.25, -0.2) is 0 Å². The van der Waals surface area contributed by atoms with E-state index in [4.69, 9.17) is 0 Å². The third kappa shape index (κ3) is 5.89. The van der Waals surface area contributed by atoms with Crippen LogP contribution >= 0.6 is 0 Å². The average Bonchev–Trinajstić information content (AvgIpc) is 2.28. The maximum atomic E-state index is 13.1. The molecule has 0 N–H and O–H groups in total. The van der Waals surface area contributed by atoms with Gasteiger partial charge >= 0.3 is 18.0 Å². The lowest BCUT2D eigenvalue weighted by molar-refractivity contribution is -0.354. The van der Waals surface area contributed by atoms with E-state index in [1.165, 1.54) is 0 Å². The van der Waals surface area contributed by atoms with Gasteiger partial charge in [-0.3, -0.25) is 0 Å². The minimum absolute atomic E-state index is 0.0790. The van der Waals surface area contributed by atoms with E-state index >= 15 is 0 Å². The molecule has 21 heavy (non-hydrogen) atoms. The molecule has 0 amide bonds. The van der Waals surface area contributed by atoms with Crippen molar-refractivity contribution in [1.29, 1.82) is 0 Å². The Morgan fingerprint density at radius 3 is 1.38 bits per heavy atom. The second-order valence-electron chi connectivity index (χ2n) is 5.47. The molecule has 0 aliphatic rings. The molecule has 0 saturated carbocycles.